The summed E-state index contributed by atoms with van der Waals surface area (Å²) in [5.74, 6) is -1.09. The Morgan fingerprint density at radius 1 is 1.38 bits per heavy atom. The molecule has 4 heteroatoms. The second kappa shape index (κ2) is 6.30. The number of hydrogen-bond donors (Lipinski definition) is 2. The van der Waals surface area contributed by atoms with Gasteiger partial charge in [0.2, 0.25) is 5.91 Å². The van der Waals surface area contributed by atoms with Gasteiger partial charge in [0.15, 0.2) is 0 Å². The number of carbonyl (C=O) groups is 2. The van der Waals surface area contributed by atoms with E-state index in [0.717, 1.165) is 6.42 Å². The van der Waals surface area contributed by atoms with Crippen molar-refractivity contribution in [3.63, 3.8) is 0 Å². The summed E-state index contributed by atoms with van der Waals surface area (Å²) in [5, 5.41) is 11.5. The first kappa shape index (κ1) is 14.7. The minimum absolute atomic E-state index is 0.0609. The average molecular weight is 227 g/mol. The van der Waals surface area contributed by atoms with Crippen LogP contribution in [0.2, 0.25) is 0 Å². The summed E-state index contributed by atoms with van der Waals surface area (Å²) in [5.41, 5.74) is -0.0428. The van der Waals surface area contributed by atoms with Gasteiger partial charge in [0.05, 0.1) is 6.42 Å². The van der Waals surface area contributed by atoms with E-state index in [0.29, 0.717) is 12.0 Å². The highest BCUT2D eigenvalue weighted by Crippen LogP contribution is 2.15. The zero-order valence-electron chi connectivity index (χ0n) is 10.5. The molecule has 16 heavy (non-hydrogen) atoms. The van der Waals surface area contributed by atoms with Crippen LogP contribution in [0.3, 0.4) is 0 Å². The molecule has 0 aromatic rings. The van der Waals surface area contributed by atoms with Crippen LogP contribution in [0.5, 0.6) is 0 Å². The predicted molar refractivity (Wildman–Crippen MR) is 63.1 cm³/mol. The number of carboxylic acid groups (broad SMARTS) is 1. The maximum Gasteiger partial charge on any atom is 0.305 e. The highest BCUT2D eigenvalue weighted by atomic mass is 16.4. The Hall–Kier alpha value is -1.32. The van der Waals surface area contributed by atoms with E-state index in [9.17, 15) is 9.59 Å². The van der Waals surface area contributed by atoms with E-state index in [1.807, 2.05) is 19.9 Å². The van der Waals surface area contributed by atoms with Gasteiger partial charge < -0.3 is 10.4 Å². The van der Waals surface area contributed by atoms with E-state index in [1.165, 1.54) is 0 Å². The molecule has 0 rings (SSSR count). The van der Waals surface area contributed by atoms with Gasteiger partial charge >= 0.3 is 5.97 Å². The highest BCUT2D eigenvalue weighted by Gasteiger charge is 2.27. The second-order valence-electron chi connectivity index (χ2n) is 4.23. The molecule has 0 aliphatic carbocycles. The molecule has 0 aliphatic rings. The molecule has 1 atom stereocenters. The first-order chi connectivity index (χ1) is 7.34. The number of nitrogens with one attached hydrogen (secondary N) is 1. The Labute approximate surface area is 96.7 Å². The molecule has 0 saturated heterocycles. The quantitative estimate of drug-likeness (QED) is 0.683. The lowest BCUT2D eigenvalue weighted by molar-refractivity contribution is -0.138. The number of carboxylic acids is 1. The fourth-order valence-corrected chi connectivity index (χ4v) is 1.36. The van der Waals surface area contributed by atoms with Crippen LogP contribution in [0.25, 0.3) is 0 Å². The van der Waals surface area contributed by atoms with Gasteiger partial charge in [0, 0.05) is 11.1 Å². The molecule has 0 aromatic heterocycles. The Morgan fingerprint density at radius 3 is 2.31 bits per heavy atom. The number of allylic oxidation sites excluding steroid dienone is 1. The second-order valence-corrected chi connectivity index (χ2v) is 4.23. The lowest BCUT2D eigenvalue weighted by Crippen LogP contribution is -2.47. The number of hydrogen-bond acceptors (Lipinski definition) is 2. The number of aliphatic carboxylic acids is 1. The molecule has 1 unspecified atom stereocenters. The Bertz CT molecular complexity index is 297. The van der Waals surface area contributed by atoms with Gasteiger partial charge in [-0.1, -0.05) is 19.9 Å². The van der Waals surface area contributed by atoms with Crippen LogP contribution in [0.4, 0.5) is 0 Å². The smallest absolute Gasteiger partial charge is 0.305 e. The zero-order valence-corrected chi connectivity index (χ0v) is 10.5. The largest absolute Gasteiger partial charge is 0.481 e. The van der Waals surface area contributed by atoms with Gasteiger partial charge in [0.1, 0.15) is 0 Å². The summed E-state index contributed by atoms with van der Waals surface area (Å²) in [6, 6.07) is 0. The maximum absolute atomic E-state index is 11.7. The summed E-state index contributed by atoms with van der Waals surface area (Å²) in [7, 11) is 0. The highest BCUT2D eigenvalue weighted by molar-refractivity contribution is 5.93. The van der Waals surface area contributed by atoms with Crippen molar-refractivity contribution >= 4 is 11.9 Å². The summed E-state index contributed by atoms with van der Waals surface area (Å²) >= 11 is 0. The van der Waals surface area contributed by atoms with Gasteiger partial charge in [-0.2, -0.15) is 0 Å². The molecule has 4 nitrogen and oxygen atoms in total. The van der Waals surface area contributed by atoms with Crippen molar-refractivity contribution in [2.45, 2.75) is 52.5 Å². The minimum atomic E-state index is -0.901. The van der Waals surface area contributed by atoms with E-state index >= 15 is 0 Å². The summed E-state index contributed by atoms with van der Waals surface area (Å²) in [4.78, 5) is 22.4. The van der Waals surface area contributed by atoms with Gasteiger partial charge in [-0.05, 0) is 26.7 Å². The van der Waals surface area contributed by atoms with E-state index in [-0.39, 0.29) is 12.3 Å². The van der Waals surface area contributed by atoms with Crippen LogP contribution in [-0.4, -0.2) is 22.5 Å². The minimum Gasteiger partial charge on any atom is -0.481 e. The molecule has 0 aliphatic heterocycles. The van der Waals surface area contributed by atoms with Crippen molar-refractivity contribution in [2.24, 2.45) is 0 Å². The SMILES string of the molecule is CCC=C(C)C(=O)NC(C)(CC)CC(=O)O. The summed E-state index contributed by atoms with van der Waals surface area (Å²) in [6.45, 7) is 7.29. The molecule has 0 aromatic carbocycles. The van der Waals surface area contributed by atoms with Crippen LogP contribution in [0.1, 0.15) is 47.0 Å². The van der Waals surface area contributed by atoms with Crippen molar-refractivity contribution in [3.05, 3.63) is 11.6 Å². The van der Waals surface area contributed by atoms with Crippen molar-refractivity contribution in [1.82, 2.24) is 5.32 Å². The van der Waals surface area contributed by atoms with Crippen molar-refractivity contribution < 1.29 is 14.7 Å². The van der Waals surface area contributed by atoms with Crippen LogP contribution in [-0.2, 0) is 9.59 Å². The Kier molecular flexibility index (Phi) is 5.78. The number of rotatable bonds is 6. The summed E-state index contributed by atoms with van der Waals surface area (Å²) < 4.78 is 0. The predicted octanol–water partition coefficient (Wildman–Crippen LogP) is 2.10. The molecule has 0 bridgehead atoms. The third-order valence-electron chi connectivity index (χ3n) is 2.61. The van der Waals surface area contributed by atoms with E-state index in [2.05, 4.69) is 5.32 Å². The molecule has 0 radical (unpaired) electrons. The lowest BCUT2D eigenvalue weighted by Gasteiger charge is -2.28. The number of carbonyl (C=O) groups excluding carboxylic acids is 1. The molecule has 1 amide bonds. The van der Waals surface area contributed by atoms with Crippen LogP contribution in [0, 0.1) is 0 Å². The first-order valence-corrected chi connectivity index (χ1v) is 5.55. The van der Waals surface area contributed by atoms with Crippen molar-refractivity contribution in [1.29, 1.82) is 0 Å². The van der Waals surface area contributed by atoms with Gasteiger partial charge in [-0.25, -0.2) is 0 Å². The van der Waals surface area contributed by atoms with Gasteiger partial charge in [-0.3, -0.25) is 9.59 Å². The fraction of sp³-hybridized carbons (Fsp3) is 0.667. The fourth-order valence-electron chi connectivity index (χ4n) is 1.36. The van der Waals surface area contributed by atoms with Crippen molar-refractivity contribution in [2.75, 3.05) is 0 Å². The zero-order chi connectivity index (χ0) is 12.8. The molecule has 0 saturated carbocycles. The Morgan fingerprint density at radius 2 is 1.94 bits per heavy atom. The maximum atomic E-state index is 11.7. The van der Waals surface area contributed by atoms with Crippen molar-refractivity contribution in [3.8, 4) is 0 Å². The molecule has 2 N–H and O–H groups in total. The topological polar surface area (TPSA) is 66.4 Å². The van der Waals surface area contributed by atoms with Gasteiger partial charge in [0.25, 0.3) is 0 Å². The monoisotopic (exact) mass is 227 g/mol. The van der Waals surface area contributed by atoms with E-state index in [1.54, 1.807) is 13.8 Å². The Balaban J connectivity index is 4.59. The molecule has 0 fully saturated rings. The van der Waals surface area contributed by atoms with E-state index < -0.39 is 11.5 Å². The number of amides is 1. The molecule has 0 spiro atoms. The normalized spacial score (nSPS) is 15.4. The standard InChI is InChI=1S/C12H21NO3/c1-5-7-9(3)11(16)13-12(4,6-2)8-10(14)15/h7H,5-6,8H2,1-4H3,(H,13,16)(H,14,15). The average Bonchev–Trinajstić information content (AvgIpc) is 2.16. The van der Waals surface area contributed by atoms with E-state index in [4.69, 9.17) is 5.11 Å². The molecular formula is C12H21NO3. The lowest BCUT2D eigenvalue weighted by atomic mass is 9.94. The molecule has 0 heterocycles. The van der Waals surface area contributed by atoms with Crippen LogP contribution >= 0.6 is 0 Å². The molecule has 92 valence electrons. The third-order valence-corrected chi connectivity index (χ3v) is 2.61. The molecular weight excluding hydrogens is 206 g/mol. The van der Waals surface area contributed by atoms with Crippen LogP contribution in [0.15, 0.2) is 11.6 Å². The van der Waals surface area contributed by atoms with Gasteiger partial charge in [-0.15, -0.1) is 0 Å². The third kappa shape index (κ3) is 4.96. The summed E-state index contributed by atoms with van der Waals surface area (Å²) in [6.07, 6.45) is 3.15. The van der Waals surface area contributed by atoms with Crippen LogP contribution < -0.4 is 5.32 Å². The first-order valence-electron chi connectivity index (χ1n) is 5.55.